The van der Waals surface area contributed by atoms with Gasteiger partial charge in [0.2, 0.25) is 0 Å². The summed E-state index contributed by atoms with van der Waals surface area (Å²) in [5, 5.41) is 8.48. The molecule has 0 saturated heterocycles. The molecular formula is C50H34N4. The summed E-state index contributed by atoms with van der Waals surface area (Å²) in [4.78, 5) is 7.92. The molecule has 0 unspecified atom stereocenters. The Hall–Kier alpha value is -7.17. The van der Waals surface area contributed by atoms with Crippen molar-refractivity contribution in [3.63, 3.8) is 0 Å². The number of rotatable bonds is 4. The van der Waals surface area contributed by atoms with E-state index in [9.17, 15) is 0 Å². The molecule has 2 aliphatic heterocycles. The highest BCUT2D eigenvalue weighted by atomic mass is 15.2. The molecule has 0 bridgehead atoms. The highest BCUT2D eigenvalue weighted by Gasteiger charge is 2.30. The minimum atomic E-state index is 0.761. The summed E-state index contributed by atoms with van der Waals surface area (Å²) in [5.74, 6) is 0.862. The molecule has 0 amide bonds. The molecule has 54 heavy (non-hydrogen) atoms. The molecule has 4 heteroatoms. The Balaban J connectivity index is 1.25. The second kappa shape index (κ2) is 12.2. The molecule has 4 heterocycles. The quantitative estimate of drug-likeness (QED) is 0.200. The van der Waals surface area contributed by atoms with Gasteiger partial charge in [0, 0.05) is 34.1 Å². The molecule has 0 fully saturated rings. The molecule has 0 aliphatic carbocycles. The van der Waals surface area contributed by atoms with Crippen molar-refractivity contribution >= 4 is 55.5 Å². The van der Waals surface area contributed by atoms with Gasteiger partial charge < -0.3 is 9.88 Å². The maximum atomic E-state index is 5.52. The number of benzene rings is 7. The third-order valence-corrected chi connectivity index (χ3v) is 10.9. The summed E-state index contributed by atoms with van der Waals surface area (Å²) in [6, 6.07) is 61.6. The van der Waals surface area contributed by atoms with E-state index in [0.29, 0.717) is 0 Å². The van der Waals surface area contributed by atoms with Crippen LogP contribution in [-0.2, 0) is 0 Å². The van der Waals surface area contributed by atoms with Crippen LogP contribution in [0, 0.1) is 0 Å². The van der Waals surface area contributed by atoms with Crippen molar-refractivity contribution in [3.05, 3.63) is 194 Å². The molecule has 7 aromatic carbocycles. The van der Waals surface area contributed by atoms with Crippen molar-refractivity contribution in [2.24, 2.45) is 0 Å². The largest absolute Gasteiger partial charge is 0.380 e. The van der Waals surface area contributed by atoms with E-state index in [1.165, 1.54) is 54.8 Å². The number of hydrogen-bond donors (Lipinski definition) is 1. The van der Waals surface area contributed by atoms with E-state index in [4.69, 9.17) is 4.98 Å². The molecule has 9 aromatic rings. The fraction of sp³-hybridized carbons (Fsp3) is 0.0200. The predicted octanol–water partition coefficient (Wildman–Crippen LogP) is 12.6. The Labute approximate surface area is 313 Å². The van der Waals surface area contributed by atoms with Gasteiger partial charge in [-0.2, -0.15) is 0 Å². The Morgan fingerprint density at radius 3 is 2.17 bits per heavy atom. The number of hydrogen-bond acceptors (Lipinski definition) is 3. The molecule has 11 rings (SSSR count). The minimum Gasteiger partial charge on any atom is -0.380 e. The van der Waals surface area contributed by atoms with Crippen LogP contribution >= 0.6 is 0 Å². The van der Waals surface area contributed by atoms with Crippen LogP contribution in [0.25, 0.3) is 77.3 Å². The van der Waals surface area contributed by atoms with Gasteiger partial charge in [-0.15, -0.1) is 0 Å². The molecule has 1 N–H and O–H groups in total. The van der Waals surface area contributed by atoms with Crippen molar-refractivity contribution in [2.45, 2.75) is 0 Å². The van der Waals surface area contributed by atoms with Crippen LogP contribution in [0.4, 0.5) is 17.2 Å². The fourth-order valence-electron chi connectivity index (χ4n) is 8.51. The number of nitrogens with one attached hydrogen (secondary N) is 1. The first-order valence-corrected chi connectivity index (χ1v) is 18.5. The van der Waals surface area contributed by atoms with Gasteiger partial charge in [0.1, 0.15) is 5.82 Å². The number of allylic oxidation sites excluding steroid dienone is 2. The van der Waals surface area contributed by atoms with E-state index in [0.717, 1.165) is 51.9 Å². The zero-order chi connectivity index (χ0) is 35.6. The summed E-state index contributed by atoms with van der Waals surface area (Å²) < 4.78 is 2.40. The molecule has 0 atom stereocenters. The van der Waals surface area contributed by atoms with Crippen molar-refractivity contribution in [2.75, 3.05) is 11.4 Å². The molecule has 2 aromatic heterocycles. The predicted molar refractivity (Wildman–Crippen MR) is 226 cm³/mol. The number of nitrogens with zero attached hydrogens (tertiary/aromatic N) is 3. The first kappa shape index (κ1) is 30.5. The van der Waals surface area contributed by atoms with Crippen LogP contribution in [0.15, 0.2) is 188 Å². The first-order chi connectivity index (χ1) is 26.8. The number of para-hydroxylation sites is 3. The normalized spacial score (nSPS) is 13.3. The SMILES string of the molecule is C1=CCNC(c2cc(-c3ccc4ccccc4c3)cc(N3c4ccccc4-c4ccccc4-c4c3ccc3c4c4ccccc4n3-c3ccccc3)n2)=C1. The molecule has 0 spiro atoms. The first-order valence-electron chi connectivity index (χ1n) is 18.5. The van der Waals surface area contributed by atoms with E-state index in [1.54, 1.807) is 0 Å². The average Bonchev–Trinajstić information content (AvgIpc) is 3.52. The second-order valence-electron chi connectivity index (χ2n) is 14.0. The minimum absolute atomic E-state index is 0.761. The lowest BCUT2D eigenvalue weighted by Gasteiger charge is -2.28. The van der Waals surface area contributed by atoms with Crippen molar-refractivity contribution in [1.29, 1.82) is 0 Å². The van der Waals surface area contributed by atoms with E-state index in [-0.39, 0.29) is 0 Å². The average molecular weight is 691 g/mol. The van der Waals surface area contributed by atoms with Gasteiger partial charge in [0.25, 0.3) is 0 Å². The van der Waals surface area contributed by atoms with Crippen molar-refractivity contribution in [3.8, 4) is 39.1 Å². The van der Waals surface area contributed by atoms with Crippen LogP contribution in [-0.4, -0.2) is 16.1 Å². The lowest BCUT2D eigenvalue weighted by atomic mass is 9.92. The maximum Gasteiger partial charge on any atom is 0.138 e. The smallest absolute Gasteiger partial charge is 0.138 e. The fourth-order valence-corrected chi connectivity index (χ4v) is 8.51. The summed E-state index contributed by atoms with van der Waals surface area (Å²) in [6.07, 6.45) is 6.37. The molecule has 4 nitrogen and oxygen atoms in total. The summed E-state index contributed by atoms with van der Waals surface area (Å²) in [7, 11) is 0. The molecular weight excluding hydrogens is 657 g/mol. The molecule has 0 saturated carbocycles. The van der Waals surface area contributed by atoms with Crippen molar-refractivity contribution < 1.29 is 0 Å². The van der Waals surface area contributed by atoms with Gasteiger partial charge in [-0.25, -0.2) is 4.98 Å². The van der Waals surface area contributed by atoms with Gasteiger partial charge in [-0.05, 0) is 93.7 Å². The highest BCUT2D eigenvalue weighted by molar-refractivity contribution is 6.21. The number of aromatic nitrogens is 2. The van der Waals surface area contributed by atoms with Gasteiger partial charge in [-0.1, -0.05) is 127 Å². The molecule has 2 aliphatic rings. The Morgan fingerprint density at radius 1 is 0.537 bits per heavy atom. The number of dihydropyridines is 1. The second-order valence-corrected chi connectivity index (χ2v) is 14.0. The highest BCUT2D eigenvalue weighted by Crippen LogP contribution is 2.54. The topological polar surface area (TPSA) is 33.1 Å². The third kappa shape index (κ3) is 4.74. The number of pyridine rings is 1. The van der Waals surface area contributed by atoms with Crippen LogP contribution in [0.3, 0.4) is 0 Å². The van der Waals surface area contributed by atoms with Gasteiger partial charge in [0.15, 0.2) is 0 Å². The summed E-state index contributed by atoms with van der Waals surface area (Å²) in [6.45, 7) is 0.761. The number of fused-ring (bicyclic) bond motifs is 10. The standard InChI is InChI=1S/C50H34N4/c1-2-16-37(17-3-1)53-45-24-11-9-21-41(45)50-46(53)27-28-47-49(50)40-20-7-6-18-38(40)39-19-8-10-23-44(39)54(47)48-32-36(31-43(52-48)42-22-12-13-29-51-42)35-26-25-33-14-4-5-15-34(33)30-35/h1-28,30-32,51H,29H2. The zero-order valence-electron chi connectivity index (χ0n) is 29.4. The van der Waals surface area contributed by atoms with Gasteiger partial charge in [0.05, 0.1) is 33.8 Å². The van der Waals surface area contributed by atoms with Crippen LogP contribution in [0.2, 0.25) is 0 Å². The molecule has 0 radical (unpaired) electrons. The Bertz CT molecular complexity index is 3000. The third-order valence-electron chi connectivity index (χ3n) is 10.9. The van der Waals surface area contributed by atoms with E-state index in [1.807, 2.05) is 0 Å². The lowest BCUT2D eigenvalue weighted by Crippen LogP contribution is -2.18. The van der Waals surface area contributed by atoms with Gasteiger partial charge >= 0.3 is 0 Å². The monoisotopic (exact) mass is 690 g/mol. The number of anilines is 3. The van der Waals surface area contributed by atoms with Crippen LogP contribution < -0.4 is 10.2 Å². The van der Waals surface area contributed by atoms with Crippen LogP contribution in [0.1, 0.15) is 5.69 Å². The van der Waals surface area contributed by atoms with Gasteiger partial charge in [-0.3, -0.25) is 4.90 Å². The van der Waals surface area contributed by atoms with E-state index < -0.39 is 0 Å². The van der Waals surface area contributed by atoms with Crippen molar-refractivity contribution in [1.82, 2.24) is 14.9 Å². The Morgan fingerprint density at radius 2 is 1.30 bits per heavy atom. The molecule has 254 valence electrons. The maximum absolute atomic E-state index is 5.52. The van der Waals surface area contributed by atoms with E-state index >= 15 is 0 Å². The van der Waals surface area contributed by atoms with E-state index in [2.05, 4.69) is 203 Å². The zero-order valence-corrected chi connectivity index (χ0v) is 29.4. The summed E-state index contributed by atoms with van der Waals surface area (Å²) >= 11 is 0. The van der Waals surface area contributed by atoms with Crippen LogP contribution in [0.5, 0.6) is 0 Å². The summed E-state index contributed by atoms with van der Waals surface area (Å²) in [5.41, 5.74) is 14.6. The Kier molecular flexibility index (Phi) is 6.89. The lowest BCUT2D eigenvalue weighted by molar-refractivity contribution is 0.979.